The minimum Gasteiger partial charge on any atom is -0.453 e. The SMILES string of the molecule is COC(=O)Nc1ccc(C#N)nc1. The largest absolute Gasteiger partial charge is 0.453 e. The van der Waals surface area contributed by atoms with Crippen molar-refractivity contribution in [2.75, 3.05) is 12.4 Å². The molecule has 0 radical (unpaired) electrons. The fourth-order valence-electron chi connectivity index (χ4n) is 0.703. The molecule has 0 atom stereocenters. The molecule has 5 nitrogen and oxygen atoms in total. The van der Waals surface area contributed by atoms with E-state index in [4.69, 9.17) is 5.26 Å². The molecule has 0 aromatic carbocycles. The van der Waals surface area contributed by atoms with Crippen LogP contribution in [0.2, 0.25) is 0 Å². The van der Waals surface area contributed by atoms with Gasteiger partial charge in [-0.3, -0.25) is 5.32 Å². The topological polar surface area (TPSA) is 75.0 Å². The number of nitriles is 1. The van der Waals surface area contributed by atoms with Crippen LogP contribution < -0.4 is 5.32 Å². The number of nitrogens with zero attached hydrogens (tertiary/aromatic N) is 2. The lowest BCUT2D eigenvalue weighted by atomic mass is 10.3. The molecule has 0 spiro atoms. The van der Waals surface area contributed by atoms with E-state index >= 15 is 0 Å². The molecule has 0 aliphatic rings. The van der Waals surface area contributed by atoms with Gasteiger partial charge < -0.3 is 4.74 Å². The highest BCUT2D eigenvalue weighted by molar-refractivity contribution is 5.84. The number of pyridine rings is 1. The van der Waals surface area contributed by atoms with Gasteiger partial charge in [0, 0.05) is 0 Å². The van der Waals surface area contributed by atoms with Gasteiger partial charge in [-0.2, -0.15) is 5.26 Å². The first kappa shape index (κ1) is 9.00. The standard InChI is InChI=1S/C8H7N3O2/c1-13-8(12)11-7-3-2-6(4-9)10-5-7/h2-3,5H,1H3,(H,11,12). The molecule has 1 aromatic heterocycles. The molecule has 5 heteroatoms. The van der Waals surface area contributed by atoms with Crippen molar-refractivity contribution in [2.24, 2.45) is 0 Å². The highest BCUT2D eigenvalue weighted by atomic mass is 16.5. The van der Waals surface area contributed by atoms with Crippen molar-refractivity contribution >= 4 is 11.8 Å². The number of methoxy groups -OCH3 is 1. The highest BCUT2D eigenvalue weighted by Crippen LogP contribution is 2.05. The average Bonchev–Trinajstić information content (AvgIpc) is 2.19. The maximum absolute atomic E-state index is 10.7. The molecule has 0 saturated heterocycles. The fourth-order valence-corrected chi connectivity index (χ4v) is 0.703. The van der Waals surface area contributed by atoms with Gasteiger partial charge in [0.15, 0.2) is 0 Å². The Morgan fingerprint density at radius 3 is 2.92 bits per heavy atom. The van der Waals surface area contributed by atoms with Crippen LogP contribution in [0.4, 0.5) is 10.5 Å². The van der Waals surface area contributed by atoms with Crippen LogP contribution in [0, 0.1) is 11.3 Å². The quantitative estimate of drug-likeness (QED) is 0.697. The van der Waals surface area contributed by atoms with Gasteiger partial charge in [0.25, 0.3) is 0 Å². The Morgan fingerprint density at radius 1 is 1.69 bits per heavy atom. The first-order valence-electron chi connectivity index (χ1n) is 3.47. The van der Waals surface area contributed by atoms with E-state index in [1.165, 1.54) is 19.4 Å². The summed E-state index contributed by atoms with van der Waals surface area (Å²) in [6.07, 6.45) is 0.821. The number of aromatic nitrogens is 1. The van der Waals surface area contributed by atoms with Crippen molar-refractivity contribution in [3.8, 4) is 6.07 Å². The van der Waals surface area contributed by atoms with Crippen LogP contribution in [0.25, 0.3) is 0 Å². The van der Waals surface area contributed by atoms with Gasteiger partial charge in [0.05, 0.1) is 19.0 Å². The van der Waals surface area contributed by atoms with E-state index in [2.05, 4.69) is 15.0 Å². The summed E-state index contributed by atoms with van der Waals surface area (Å²) in [6.45, 7) is 0. The fraction of sp³-hybridized carbons (Fsp3) is 0.125. The summed E-state index contributed by atoms with van der Waals surface area (Å²) in [5, 5.41) is 10.8. The van der Waals surface area contributed by atoms with Crippen molar-refractivity contribution in [3.05, 3.63) is 24.0 Å². The van der Waals surface area contributed by atoms with E-state index in [9.17, 15) is 4.79 Å². The number of carbonyl (C=O) groups excluding carboxylic acids is 1. The Balaban J connectivity index is 2.71. The first-order valence-corrected chi connectivity index (χ1v) is 3.47. The van der Waals surface area contributed by atoms with Crippen LogP contribution in [-0.4, -0.2) is 18.2 Å². The molecule has 1 heterocycles. The minimum atomic E-state index is -0.563. The minimum absolute atomic E-state index is 0.301. The average molecular weight is 177 g/mol. The Hall–Kier alpha value is -2.09. The molecule has 0 fully saturated rings. The molecule has 0 unspecified atom stereocenters. The first-order chi connectivity index (χ1) is 6.26. The molecule has 13 heavy (non-hydrogen) atoms. The molecule has 1 rings (SSSR count). The second-order valence-corrected chi connectivity index (χ2v) is 2.16. The number of ether oxygens (including phenoxy) is 1. The van der Waals surface area contributed by atoms with Crippen molar-refractivity contribution < 1.29 is 9.53 Å². The van der Waals surface area contributed by atoms with Crippen molar-refractivity contribution in [1.29, 1.82) is 5.26 Å². The number of hydrogen-bond acceptors (Lipinski definition) is 4. The summed E-state index contributed by atoms with van der Waals surface area (Å²) >= 11 is 0. The summed E-state index contributed by atoms with van der Waals surface area (Å²) < 4.78 is 4.37. The summed E-state index contributed by atoms with van der Waals surface area (Å²) in [4.78, 5) is 14.5. The number of nitrogens with one attached hydrogen (secondary N) is 1. The summed E-state index contributed by atoms with van der Waals surface area (Å²) in [5.74, 6) is 0. The van der Waals surface area contributed by atoms with Crippen LogP contribution in [-0.2, 0) is 4.74 Å². The molecule has 1 aromatic rings. The van der Waals surface area contributed by atoms with E-state index in [0.29, 0.717) is 11.4 Å². The highest BCUT2D eigenvalue weighted by Gasteiger charge is 1.99. The maximum Gasteiger partial charge on any atom is 0.411 e. The molecule has 66 valence electrons. The maximum atomic E-state index is 10.7. The van der Waals surface area contributed by atoms with Gasteiger partial charge in [0.1, 0.15) is 11.8 Å². The molecular weight excluding hydrogens is 170 g/mol. The molecule has 1 amide bonds. The Labute approximate surface area is 75.0 Å². The van der Waals surface area contributed by atoms with Crippen LogP contribution in [0.5, 0.6) is 0 Å². The number of carbonyl (C=O) groups is 1. The van der Waals surface area contributed by atoms with E-state index in [0.717, 1.165) is 0 Å². The van der Waals surface area contributed by atoms with Crippen molar-refractivity contribution in [2.45, 2.75) is 0 Å². The second kappa shape index (κ2) is 4.07. The van der Waals surface area contributed by atoms with Gasteiger partial charge >= 0.3 is 6.09 Å². The zero-order valence-electron chi connectivity index (χ0n) is 6.94. The molecular formula is C8H7N3O2. The van der Waals surface area contributed by atoms with Gasteiger partial charge in [-0.1, -0.05) is 0 Å². The second-order valence-electron chi connectivity index (χ2n) is 2.16. The van der Waals surface area contributed by atoms with Crippen LogP contribution >= 0.6 is 0 Å². The van der Waals surface area contributed by atoms with E-state index in [-0.39, 0.29) is 0 Å². The van der Waals surface area contributed by atoms with Crippen LogP contribution in [0.3, 0.4) is 0 Å². The Bertz CT molecular complexity index is 339. The predicted molar refractivity (Wildman–Crippen MR) is 45.0 cm³/mol. The van der Waals surface area contributed by atoms with Crippen LogP contribution in [0.1, 0.15) is 5.69 Å². The number of anilines is 1. The zero-order valence-corrected chi connectivity index (χ0v) is 6.94. The molecule has 0 bridgehead atoms. The van der Waals surface area contributed by atoms with E-state index in [1.54, 1.807) is 6.07 Å². The van der Waals surface area contributed by atoms with Crippen molar-refractivity contribution in [1.82, 2.24) is 4.98 Å². The number of rotatable bonds is 1. The van der Waals surface area contributed by atoms with Crippen molar-refractivity contribution in [3.63, 3.8) is 0 Å². The van der Waals surface area contributed by atoms with E-state index < -0.39 is 6.09 Å². The lowest BCUT2D eigenvalue weighted by Crippen LogP contribution is -2.10. The third-order valence-electron chi connectivity index (χ3n) is 1.31. The van der Waals surface area contributed by atoms with E-state index in [1.807, 2.05) is 6.07 Å². The van der Waals surface area contributed by atoms with Gasteiger partial charge in [0.2, 0.25) is 0 Å². The zero-order chi connectivity index (χ0) is 9.68. The predicted octanol–water partition coefficient (Wildman–Crippen LogP) is 1.13. The lowest BCUT2D eigenvalue weighted by Gasteiger charge is -2.01. The number of amides is 1. The number of hydrogen-bond donors (Lipinski definition) is 1. The molecule has 0 aliphatic heterocycles. The summed E-state index contributed by atoms with van der Waals surface area (Å²) in [6, 6.07) is 4.94. The third kappa shape index (κ3) is 2.45. The normalized spacial score (nSPS) is 8.62. The molecule has 1 N–H and O–H groups in total. The van der Waals surface area contributed by atoms with Gasteiger partial charge in [-0.15, -0.1) is 0 Å². The van der Waals surface area contributed by atoms with Crippen LogP contribution in [0.15, 0.2) is 18.3 Å². The molecule has 0 aliphatic carbocycles. The Morgan fingerprint density at radius 2 is 2.46 bits per heavy atom. The van der Waals surface area contributed by atoms with Gasteiger partial charge in [-0.05, 0) is 12.1 Å². The summed E-state index contributed by atoms with van der Waals surface area (Å²) in [5.41, 5.74) is 0.793. The third-order valence-corrected chi connectivity index (χ3v) is 1.31. The lowest BCUT2D eigenvalue weighted by molar-refractivity contribution is 0.187. The van der Waals surface area contributed by atoms with Gasteiger partial charge in [-0.25, -0.2) is 9.78 Å². The smallest absolute Gasteiger partial charge is 0.411 e. The summed E-state index contributed by atoms with van der Waals surface area (Å²) in [7, 11) is 1.27. The monoisotopic (exact) mass is 177 g/mol. The Kier molecular flexibility index (Phi) is 2.82. The molecule has 0 saturated carbocycles.